The van der Waals surface area contributed by atoms with Gasteiger partial charge in [0.1, 0.15) is 5.82 Å². The number of hydrogen-bond donors (Lipinski definition) is 1. The van der Waals surface area contributed by atoms with E-state index in [0.717, 1.165) is 17.7 Å². The molecule has 0 spiro atoms. The van der Waals surface area contributed by atoms with Gasteiger partial charge in [0.25, 0.3) is 5.56 Å². The number of ether oxygens (including phenoxy) is 2. The first-order valence-corrected chi connectivity index (χ1v) is 10.9. The number of rotatable bonds is 8. The Labute approximate surface area is 174 Å². The molecule has 1 aromatic heterocycles. The van der Waals surface area contributed by atoms with Crippen molar-refractivity contribution in [3.05, 3.63) is 39.7 Å². The van der Waals surface area contributed by atoms with Gasteiger partial charge in [-0.05, 0) is 38.0 Å². The number of amides is 1. The molecule has 1 N–H and O–H groups in total. The normalized spacial score (nSPS) is 15.6. The van der Waals surface area contributed by atoms with Crippen molar-refractivity contribution in [3.8, 4) is 11.5 Å². The molecule has 29 heavy (non-hydrogen) atoms. The molecule has 0 bridgehead atoms. The molecule has 1 aliphatic rings. The topological polar surface area (TPSA) is 82.5 Å². The maximum absolute atomic E-state index is 12.9. The number of carbonyl (C=O) groups excluding carboxylic acids is 1. The van der Waals surface area contributed by atoms with Gasteiger partial charge in [-0.2, -0.15) is 4.98 Å². The summed E-state index contributed by atoms with van der Waals surface area (Å²) in [7, 11) is 1.83. The van der Waals surface area contributed by atoms with Crippen LogP contribution < -0.4 is 20.3 Å². The van der Waals surface area contributed by atoms with Crippen molar-refractivity contribution in [2.24, 2.45) is 7.05 Å². The van der Waals surface area contributed by atoms with Crippen LogP contribution in [0.25, 0.3) is 0 Å². The van der Waals surface area contributed by atoms with Gasteiger partial charge in [0.15, 0.2) is 16.7 Å². The van der Waals surface area contributed by atoms with Crippen LogP contribution in [0.5, 0.6) is 11.5 Å². The molecule has 0 unspecified atom stereocenters. The Morgan fingerprint density at radius 3 is 2.59 bits per heavy atom. The zero-order valence-corrected chi connectivity index (χ0v) is 18.1. The van der Waals surface area contributed by atoms with Gasteiger partial charge in [0.05, 0.1) is 18.8 Å². The van der Waals surface area contributed by atoms with Gasteiger partial charge >= 0.3 is 0 Å². The molecule has 1 aromatic carbocycles. The van der Waals surface area contributed by atoms with Crippen LogP contribution in [0.15, 0.2) is 28.2 Å². The quantitative estimate of drug-likeness (QED) is 0.522. The molecule has 0 saturated heterocycles. The molecule has 1 atom stereocenters. The van der Waals surface area contributed by atoms with Gasteiger partial charge in [-0.1, -0.05) is 24.8 Å². The van der Waals surface area contributed by atoms with Gasteiger partial charge in [-0.15, -0.1) is 0 Å². The predicted octanol–water partition coefficient (Wildman–Crippen LogP) is 3.55. The predicted molar refractivity (Wildman–Crippen MR) is 114 cm³/mol. The lowest BCUT2D eigenvalue weighted by Gasteiger charge is -2.28. The Balaban J connectivity index is 2.09. The molecule has 0 fully saturated rings. The molecule has 1 amide bonds. The highest BCUT2D eigenvalue weighted by Crippen LogP contribution is 2.39. The summed E-state index contributed by atoms with van der Waals surface area (Å²) in [4.78, 5) is 29.7. The van der Waals surface area contributed by atoms with Crippen LogP contribution in [0, 0.1) is 0 Å². The third-order valence-electron chi connectivity index (χ3n) is 4.71. The summed E-state index contributed by atoms with van der Waals surface area (Å²) < 4.78 is 13.2. The van der Waals surface area contributed by atoms with Crippen LogP contribution in [0.2, 0.25) is 0 Å². The zero-order valence-electron chi connectivity index (χ0n) is 17.3. The molecule has 3 rings (SSSR count). The van der Waals surface area contributed by atoms with E-state index in [-0.39, 0.29) is 23.8 Å². The summed E-state index contributed by atoms with van der Waals surface area (Å²) in [5, 5.41) is 3.48. The molecule has 2 heterocycles. The number of hydrogen-bond acceptors (Lipinski definition) is 6. The number of thioether (sulfide) groups is 1. The highest BCUT2D eigenvalue weighted by molar-refractivity contribution is 7.99. The van der Waals surface area contributed by atoms with Gasteiger partial charge < -0.3 is 19.4 Å². The second kappa shape index (κ2) is 9.35. The Hall–Kier alpha value is -2.48. The highest BCUT2D eigenvalue weighted by atomic mass is 32.2. The fourth-order valence-electron chi connectivity index (χ4n) is 3.43. The van der Waals surface area contributed by atoms with Crippen molar-refractivity contribution in [1.82, 2.24) is 9.55 Å². The van der Waals surface area contributed by atoms with Crippen molar-refractivity contribution >= 4 is 23.5 Å². The summed E-state index contributed by atoms with van der Waals surface area (Å²) in [6, 6.07) is 5.58. The second-order valence-corrected chi connectivity index (χ2v) is 7.81. The van der Waals surface area contributed by atoms with Crippen molar-refractivity contribution < 1.29 is 14.3 Å². The Kier molecular flexibility index (Phi) is 6.84. The largest absolute Gasteiger partial charge is 0.490 e. The summed E-state index contributed by atoms with van der Waals surface area (Å²) in [6.07, 6.45) is 1.16. The molecule has 1 aliphatic heterocycles. The van der Waals surface area contributed by atoms with Crippen molar-refractivity contribution in [1.29, 1.82) is 0 Å². The Bertz CT molecular complexity index is 958. The number of nitrogens with zero attached hydrogens (tertiary/aromatic N) is 2. The number of benzene rings is 1. The van der Waals surface area contributed by atoms with E-state index in [0.29, 0.717) is 41.3 Å². The Morgan fingerprint density at radius 2 is 1.90 bits per heavy atom. The molecular formula is C21H27N3O4S. The van der Waals surface area contributed by atoms with Crippen LogP contribution in [0.1, 0.15) is 50.7 Å². The standard InChI is InChI=1S/C21H27N3O4S/c1-5-10-29-21-23-20(26)18-14(12-17(25)22-19(18)24(21)4)13-8-9-15(27-6-2)16(11-13)28-7-3/h8-9,11,14H,5-7,10,12H2,1-4H3,(H,22,25)/t14-/m1/s1. The monoisotopic (exact) mass is 417 g/mol. The fourth-order valence-corrected chi connectivity index (χ4v) is 4.25. The van der Waals surface area contributed by atoms with E-state index in [1.807, 2.05) is 39.1 Å². The van der Waals surface area contributed by atoms with Crippen molar-refractivity contribution in [3.63, 3.8) is 0 Å². The fraction of sp³-hybridized carbons (Fsp3) is 0.476. The van der Waals surface area contributed by atoms with E-state index >= 15 is 0 Å². The van der Waals surface area contributed by atoms with Crippen LogP contribution in [0.3, 0.4) is 0 Å². The first kappa shape index (κ1) is 21.2. The average molecular weight is 418 g/mol. The van der Waals surface area contributed by atoms with Crippen LogP contribution >= 0.6 is 11.8 Å². The number of nitrogens with one attached hydrogen (secondary N) is 1. The third-order valence-corrected chi connectivity index (χ3v) is 5.94. The van der Waals surface area contributed by atoms with Gasteiger partial charge in [-0.25, -0.2) is 0 Å². The maximum Gasteiger partial charge on any atom is 0.279 e. The van der Waals surface area contributed by atoms with E-state index in [9.17, 15) is 9.59 Å². The summed E-state index contributed by atoms with van der Waals surface area (Å²) >= 11 is 1.51. The van der Waals surface area contributed by atoms with E-state index < -0.39 is 0 Å². The second-order valence-electron chi connectivity index (χ2n) is 6.75. The minimum absolute atomic E-state index is 0.123. The molecule has 0 radical (unpaired) electrons. The van der Waals surface area contributed by atoms with E-state index in [4.69, 9.17) is 9.47 Å². The third kappa shape index (κ3) is 4.42. The molecule has 2 aromatic rings. The van der Waals surface area contributed by atoms with Gasteiger partial charge in [-0.3, -0.25) is 9.59 Å². The smallest absolute Gasteiger partial charge is 0.279 e. The first-order chi connectivity index (χ1) is 14.0. The van der Waals surface area contributed by atoms with E-state index in [1.165, 1.54) is 11.8 Å². The lowest BCUT2D eigenvalue weighted by Crippen LogP contribution is -2.33. The van der Waals surface area contributed by atoms with Gasteiger partial charge in [0.2, 0.25) is 5.91 Å². The zero-order chi connectivity index (χ0) is 21.0. The van der Waals surface area contributed by atoms with E-state index in [1.54, 1.807) is 4.57 Å². The molecule has 156 valence electrons. The minimum atomic E-state index is -0.384. The van der Waals surface area contributed by atoms with Gasteiger partial charge in [0, 0.05) is 25.1 Å². The molecule has 0 aliphatic carbocycles. The number of carbonyl (C=O) groups is 1. The summed E-state index contributed by atoms with van der Waals surface area (Å²) in [5.41, 5.74) is 1.05. The maximum atomic E-state index is 12.9. The van der Waals surface area contributed by atoms with Crippen LogP contribution in [-0.2, 0) is 11.8 Å². The number of fused-ring (bicyclic) bond motifs is 1. The van der Waals surface area contributed by atoms with Crippen LogP contribution in [0.4, 0.5) is 5.82 Å². The highest BCUT2D eigenvalue weighted by Gasteiger charge is 2.32. The Morgan fingerprint density at radius 1 is 1.17 bits per heavy atom. The summed E-state index contributed by atoms with van der Waals surface area (Å²) in [6.45, 7) is 6.91. The SMILES string of the molecule is CCCSc1nc(=O)c2c(n1C)NC(=O)C[C@@H]2c1ccc(OCC)c(OCC)c1. The molecule has 0 saturated carbocycles. The van der Waals surface area contributed by atoms with Crippen molar-refractivity contribution in [2.75, 3.05) is 24.3 Å². The lowest BCUT2D eigenvalue weighted by atomic mass is 9.86. The van der Waals surface area contributed by atoms with Crippen LogP contribution in [-0.4, -0.2) is 34.4 Å². The van der Waals surface area contributed by atoms with Crippen molar-refractivity contribution in [2.45, 2.75) is 44.7 Å². The minimum Gasteiger partial charge on any atom is -0.490 e. The molecule has 7 nitrogen and oxygen atoms in total. The molecule has 8 heteroatoms. The number of aromatic nitrogens is 2. The summed E-state index contributed by atoms with van der Waals surface area (Å²) in [5.74, 6) is 2.13. The average Bonchev–Trinajstić information content (AvgIpc) is 2.70. The lowest BCUT2D eigenvalue weighted by molar-refractivity contribution is -0.116. The van der Waals surface area contributed by atoms with E-state index in [2.05, 4.69) is 17.2 Å². The molecular weight excluding hydrogens is 390 g/mol. The number of anilines is 1. The first-order valence-electron chi connectivity index (χ1n) is 9.93.